The molecule has 7 heteroatoms. The van der Waals surface area contributed by atoms with Crippen LogP contribution in [0.25, 0.3) is 0 Å². The second-order valence-corrected chi connectivity index (χ2v) is 13.2. The van der Waals surface area contributed by atoms with Gasteiger partial charge in [-0.25, -0.2) is 4.79 Å². The van der Waals surface area contributed by atoms with Gasteiger partial charge in [-0.2, -0.15) is 0 Å². The molecule has 0 saturated heterocycles. The summed E-state index contributed by atoms with van der Waals surface area (Å²) in [5.74, 6) is 0. The number of hydrazone groups is 1. The molecule has 0 N–H and O–H groups in total. The molecule has 3 aromatic rings. The summed E-state index contributed by atoms with van der Waals surface area (Å²) in [5.41, 5.74) is -1.59. The average molecular weight is 493 g/mol. The van der Waals surface area contributed by atoms with Crippen molar-refractivity contribution < 1.29 is 19.4 Å². The number of amides is 1. The van der Waals surface area contributed by atoms with Crippen molar-refractivity contribution in [2.24, 2.45) is 5.10 Å². The Bertz CT molecular complexity index is 1040. The molecule has 0 unspecified atom stereocenters. The normalized spacial score (nSPS) is 12.7. The summed E-state index contributed by atoms with van der Waals surface area (Å²) in [6, 6.07) is 28.9. The van der Waals surface area contributed by atoms with Crippen LogP contribution in [0.5, 0.6) is 0 Å². The molecule has 6 nitrogen and oxygen atoms in total. The molecule has 35 heavy (non-hydrogen) atoms. The summed E-state index contributed by atoms with van der Waals surface area (Å²) in [7, 11) is -3.03. The van der Waals surface area contributed by atoms with Crippen molar-refractivity contribution >= 4 is 35.5 Å². The zero-order valence-corrected chi connectivity index (χ0v) is 22.0. The van der Waals surface area contributed by atoms with Crippen molar-refractivity contribution in [3.63, 3.8) is 0 Å². The number of carbonyl (C=O) groups is 1. The standard InChI is InChI=1S/C28H33N2O4P/c1-27(2,3)33-25(31)29-30(26(32)34-28(4,5)6)35(22-16-10-7-11-17-22,23-18-12-8-13-19-23)24-20-14-9-15-21-24/h7-21H,1-6H3. The molecule has 1 amide bonds. The Morgan fingerprint density at radius 3 is 1.34 bits per heavy atom. The van der Waals surface area contributed by atoms with Crippen LogP contribution < -0.4 is 21.0 Å². The summed E-state index contributed by atoms with van der Waals surface area (Å²) in [4.78, 5) is 13.9. The summed E-state index contributed by atoms with van der Waals surface area (Å²) in [6.07, 6.45) is -1.59. The van der Waals surface area contributed by atoms with Gasteiger partial charge in [0.15, 0.2) is 6.08 Å². The summed E-state index contributed by atoms with van der Waals surface area (Å²) in [5, 5.41) is 19.9. The van der Waals surface area contributed by atoms with Gasteiger partial charge in [0.1, 0.15) is 21.5 Å². The summed E-state index contributed by atoms with van der Waals surface area (Å²) < 4.78 is 12.6. The number of benzene rings is 3. The smallest absolute Gasteiger partial charge is 0.465 e. The monoisotopic (exact) mass is 492 g/mol. The summed E-state index contributed by atoms with van der Waals surface area (Å²) in [6.45, 7) is 10.6. The maximum absolute atomic E-state index is 13.9. The van der Waals surface area contributed by atoms with Crippen molar-refractivity contribution in [2.75, 3.05) is 0 Å². The van der Waals surface area contributed by atoms with Crippen molar-refractivity contribution in [2.45, 2.75) is 52.7 Å². The van der Waals surface area contributed by atoms with E-state index in [1.165, 1.54) is 4.78 Å². The van der Waals surface area contributed by atoms with Gasteiger partial charge in [0.05, 0.1) is 0 Å². The molecule has 0 saturated carbocycles. The molecule has 0 aromatic heterocycles. The van der Waals surface area contributed by atoms with E-state index in [0.717, 1.165) is 15.9 Å². The van der Waals surface area contributed by atoms with Gasteiger partial charge in [-0.1, -0.05) is 75.4 Å². The highest BCUT2D eigenvalue weighted by atomic mass is 31.2. The number of hydrogen-bond acceptors (Lipinski definition) is 5. The quantitative estimate of drug-likeness (QED) is 0.226. The molecule has 184 valence electrons. The molecule has 0 atom stereocenters. The lowest BCUT2D eigenvalue weighted by Gasteiger charge is -2.36. The third-order valence-corrected chi connectivity index (χ3v) is 8.76. The maximum Gasteiger partial charge on any atom is 0.465 e. The van der Waals surface area contributed by atoms with E-state index in [4.69, 9.17) is 9.47 Å². The van der Waals surface area contributed by atoms with Gasteiger partial charge in [-0.05, 0) is 61.9 Å². The fourth-order valence-electron chi connectivity index (χ4n) is 3.60. The van der Waals surface area contributed by atoms with Gasteiger partial charge < -0.3 is 14.6 Å². The van der Waals surface area contributed by atoms with E-state index in [2.05, 4.69) is 5.10 Å². The Hall–Kier alpha value is -3.37. The molecule has 3 aromatic carbocycles. The van der Waals surface area contributed by atoms with Crippen LogP contribution in [0.15, 0.2) is 96.1 Å². The predicted octanol–water partition coefficient (Wildman–Crippen LogP) is 4.58. The molecule has 0 heterocycles. The van der Waals surface area contributed by atoms with Crippen LogP contribution in [0, 0.1) is 0 Å². The van der Waals surface area contributed by atoms with E-state index in [1.807, 2.05) is 91.0 Å². The molecule has 0 aliphatic heterocycles. The Morgan fingerprint density at radius 2 is 1.03 bits per heavy atom. The Kier molecular flexibility index (Phi) is 7.86. The SMILES string of the molecule is CC(C)(C)OC(=O)N(/N=C(\[O-])OC(C)(C)C)[P+](c1ccccc1)(c1ccccc1)c1ccccc1. The molecular formula is C28H33N2O4P. The highest BCUT2D eigenvalue weighted by Gasteiger charge is 2.56. The van der Waals surface area contributed by atoms with Gasteiger partial charge in [-0.3, -0.25) is 0 Å². The molecule has 0 aliphatic carbocycles. The van der Waals surface area contributed by atoms with Gasteiger partial charge in [0.2, 0.25) is 7.41 Å². The molecular weight excluding hydrogens is 459 g/mol. The number of ether oxygens (including phenoxy) is 2. The van der Waals surface area contributed by atoms with E-state index in [0.29, 0.717) is 0 Å². The van der Waals surface area contributed by atoms with Crippen LogP contribution in [0.2, 0.25) is 0 Å². The zero-order chi connectivity index (χ0) is 25.7. The third kappa shape index (κ3) is 6.40. The van der Waals surface area contributed by atoms with E-state index in [1.54, 1.807) is 41.5 Å². The Morgan fingerprint density at radius 1 is 0.686 bits per heavy atom. The van der Waals surface area contributed by atoms with Crippen molar-refractivity contribution in [1.82, 2.24) is 4.78 Å². The molecule has 0 spiro atoms. The second-order valence-electron chi connectivity index (χ2n) is 9.99. The van der Waals surface area contributed by atoms with Gasteiger partial charge >= 0.3 is 6.09 Å². The van der Waals surface area contributed by atoms with Crippen LogP contribution in [0.1, 0.15) is 41.5 Å². The van der Waals surface area contributed by atoms with Crippen LogP contribution in [-0.4, -0.2) is 28.2 Å². The first-order valence-electron chi connectivity index (χ1n) is 11.5. The lowest BCUT2D eigenvalue weighted by atomic mass is 10.2. The fourth-order valence-corrected chi connectivity index (χ4v) is 7.45. The van der Waals surface area contributed by atoms with E-state index < -0.39 is 30.8 Å². The second kappa shape index (κ2) is 10.5. The minimum Gasteiger partial charge on any atom is -0.593 e. The third-order valence-electron chi connectivity index (χ3n) is 4.80. The Balaban J connectivity index is 2.42. The van der Waals surface area contributed by atoms with Gasteiger partial charge in [0.25, 0.3) is 0 Å². The average Bonchev–Trinajstić information content (AvgIpc) is 2.79. The highest BCUT2D eigenvalue weighted by molar-refractivity contribution is 7.94. The van der Waals surface area contributed by atoms with Crippen molar-refractivity contribution in [3.05, 3.63) is 91.0 Å². The maximum atomic E-state index is 13.9. The lowest BCUT2D eigenvalue weighted by Crippen LogP contribution is -2.47. The largest absolute Gasteiger partial charge is 0.593 e. The van der Waals surface area contributed by atoms with Crippen molar-refractivity contribution in [1.29, 1.82) is 0 Å². The van der Waals surface area contributed by atoms with Gasteiger partial charge in [0, 0.05) is 5.60 Å². The first-order valence-corrected chi connectivity index (χ1v) is 13.2. The molecule has 3 rings (SSSR count). The molecule has 0 bridgehead atoms. The topological polar surface area (TPSA) is 74.2 Å². The minimum atomic E-state index is -3.03. The first-order chi connectivity index (χ1) is 16.4. The number of rotatable bonds is 5. The van der Waals surface area contributed by atoms with Crippen LogP contribution >= 0.6 is 7.41 Å². The highest BCUT2D eigenvalue weighted by Crippen LogP contribution is 2.59. The predicted molar refractivity (Wildman–Crippen MR) is 141 cm³/mol. The molecule has 0 radical (unpaired) electrons. The van der Waals surface area contributed by atoms with Crippen molar-refractivity contribution in [3.8, 4) is 0 Å². The number of nitrogens with zero attached hydrogens (tertiary/aromatic N) is 2. The fraction of sp³-hybridized carbons (Fsp3) is 0.286. The van der Waals surface area contributed by atoms with E-state index >= 15 is 0 Å². The zero-order valence-electron chi connectivity index (χ0n) is 21.1. The van der Waals surface area contributed by atoms with E-state index in [9.17, 15) is 9.90 Å². The number of hydrogen-bond donors (Lipinski definition) is 0. The van der Waals surface area contributed by atoms with Gasteiger partial charge in [-0.15, -0.1) is 5.10 Å². The number of carbonyl (C=O) groups excluding carboxylic acids is 1. The minimum absolute atomic E-state index is 0.728. The van der Waals surface area contributed by atoms with E-state index in [-0.39, 0.29) is 0 Å². The summed E-state index contributed by atoms with van der Waals surface area (Å²) >= 11 is 0. The van der Waals surface area contributed by atoms with Crippen LogP contribution in [0.4, 0.5) is 4.79 Å². The first kappa shape index (κ1) is 26.2. The molecule has 0 aliphatic rings. The van der Waals surface area contributed by atoms with Crippen LogP contribution in [0.3, 0.4) is 0 Å². The Labute approximate surface area is 208 Å². The molecule has 0 fully saturated rings. The lowest BCUT2D eigenvalue weighted by molar-refractivity contribution is -0.261. The van der Waals surface area contributed by atoms with Crippen LogP contribution in [-0.2, 0) is 9.47 Å².